The standard InChI is InChI=1S/C47H40F4N4O4/c1-24(58-42-13-11-30(48)18-36(42)38-20-32(50)22-40(44(38)56)54-28(5)26(3)34-9-7-15-52-46(34)54)17-25(2)59-43-14-12-31(49)19-37(43)39-21-33(51)23-41(45(39)57)55-29(6)27(4)35-10-8-16-53-47(35)55/h7-16,18-25,56-57H,17H2,1-6H3/t24-,25+. The maximum atomic E-state index is 15.4. The third kappa shape index (κ3) is 6.98. The summed E-state index contributed by atoms with van der Waals surface area (Å²) in [5.74, 6) is -2.81. The number of hydrogen-bond donors (Lipinski definition) is 2. The number of fused-ring (bicyclic) bond motifs is 2. The molecule has 0 aliphatic rings. The topological polar surface area (TPSA) is 94.6 Å². The molecule has 2 N–H and O–H groups in total. The van der Waals surface area contributed by atoms with Gasteiger partial charge in [0.05, 0.1) is 23.6 Å². The average molecular weight is 801 g/mol. The fourth-order valence-electron chi connectivity index (χ4n) is 7.92. The minimum absolute atomic E-state index is 0.0140. The number of phenolic OH excluding ortho intramolecular Hbond substituents is 2. The van der Waals surface area contributed by atoms with Crippen LogP contribution in [0.1, 0.15) is 42.8 Å². The molecule has 0 unspecified atom stereocenters. The van der Waals surface area contributed by atoms with Gasteiger partial charge in [-0.05, 0) is 125 Å². The zero-order chi connectivity index (χ0) is 41.9. The quantitative estimate of drug-likeness (QED) is 0.134. The van der Waals surface area contributed by atoms with Crippen LogP contribution in [0.15, 0.2) is 97.3 Å². The lowest BCUT2D eigenvalue weighted by atomic mass is 10.0. The first-order valence-corrected chi connectivity index (χ1v) is 19.1. The summed E-state index contributed by atoms with van der Waals surface area (Å²) in [6, 6.07) is 19.6. The highest BCUT2D eigenvalue weighted by molar-refractivity contribution is 5.88. The van der Waals surface area contributed by atoms with Gasteiger partial charge in [-0.3, -0.25) is 9.13 Å². The van der Waals surface area contributed by atoms with E-state index in [0.717, 1.165) is 45.4 Å². The first-order chi connectivity index (χ1) is 28.2. The molecule has 0 aliphatic heterocycles. The minimum Gasteiger partial charge on any atom is -0.505 e. The molecule has 300 valence electrons. The molecule has 0 bridgehead atoms. The summed E-state index contributed by atoms with van der Waals surface area (Å²) in [4.78, 5) is 8.98. The van der Waals surface area contributed by atoms with Gasteiger partial charge >= 0.3 is 0 Å². The lowest BCUT2D eigenvalue weighted by molar-refractivity contribution is 0.131. The summed E-state index contributed by atoms with van der Waals surface area (Å²) < 4.78 is 76.7. The van der Waals surface area contributed by atoms with Crippen LogP contribution in [0.4, 0.5) is 17.6 Å². The lowest BCUT2D eigenvalue weighted by Crippen LogP contribution is -2.23. The van der Waals surface area contributed by atoms with Gasteiger partial charge < -0.3 is 19.7 Å². The Balaban J connectivity index is 1.09. The van der Waals surface area contributed by atoms with E-state index in [1.165, 1.54) is 48.5 Å². The van der Waals surface area contributed by atoms with E-state index < -0.39 is 35.5 Å². The van der Waals surface area contributed by atoms with Gasteiger partial charge in [0.2, 0.25) is 0 Å². The van der Waals surface area contributed by atoms with Gasteiger partial charge in [-0.25, -0.2) is 27.5 Å². The molecule has 0 radical (unpaired) electrons. The Hall–Kier alpha value is -6.82. The number of rotatable bonds is 10. The van der Waals surface area contributed by atoms with Crippen LogP contribution in [0.3, 0.4) is 0 Å². The number of aryl methyl sites for hydroxylation is 2. The van der Waals surface area contributed by atoms with E-state index in [4.69, 9.17) is 9.47 Å². The molecule has 2 atom stereocenters. The lowest BCUT2D eigenvalue weighted by Gasteiger charge is -2.23. The fourth-order valence-corrected chi connectivity index (χ4v) is 7.92. The van der Waals surface area contributed by atoms with Gasteiger partial charge in [-0.15, -0.1) is 0 Å². The Bertz CT molecular complexity index is 2740. The van der Waals surface area contributed by atoms with Crippen molar-refractivity contribution in [2.24, 2.45) is 0 Å². The van der Waals surface area contributed by atoms with Gasteiger partial charge in [0.25, 0.3) is 0 Å². The summed E-state index contributed by atoms with van der Waals surface area (Å²) in [6.45, 7) is 11.1. The van der Waals surface area contributed by atoms with Crippen molar-refractivity contribution in [1.29, 1.82) is 0 Å². The van der Waals surface area contributed by atoms with Gasteiger partial charge in [-0.1, -0.05) is 0 Å². The maximum absolute atomic E-state index is 15.4. The molecule has 8 nitrogen and oxygen atoms in total. The second kappa shape index (κ2) is 15.2. The van der Waals surface area contributed by atoms with Crippen LogP contribution in [0, 0.1) is 51.0 Å². The first-order valence-electron chi connectivity index (χ1n) is 19.1. The molecule has 0 aliphatic carbocycles. The molecule has 0 amide bonds. The van der Waals surface area contributed by atoms with E-state index in [1.807, 2.05) is 39.8 Å². The second-order valence-electron chi connectivity index (χ2n) is 14.9. The van der Waals surface area contributed by atoms with Crippen LogP contribution >= 0.6 is 0 Å². The third-order valence-electron chi connectivity index (χ3n) is 10.9. The predicted molar refractivity (Wildman–Crippen MR) is 220 cm³/mol. The normalized spacial score (nSPS) is 12.6. The Morgan fingerprint density at radius 2 is 0.932 bits per heavy atom. The molecule has 0 saturated heterocycles. The highest BCUT2D eigenvalue weighted by Crippen LogP contribution is 2.44. The van der Waals surface area contributed by atoms with Crippen molar-refractivity contribution >= 4 is 22.1 Å². The highest BCUT2D eigenvalue weighted by atomic mass is 19.1. The minimum atomic E-state index is -0.664. The number of halogens is 4. The molecule has 12 heteroatoms. The number of benzene rings is 4. The summed E-state index contributed by atoms with van der Waals surface area (Å²) in [6.07, 6.45) is 2.29. The van der Waals surface area contributed by atoms with Crippen molar-refractivity contribution in [2.45, 2.75) is 60.2 Å². The van der Waals surface area contributed by atoms with E-state index in [-0.39, 0.29) is 63.0 Å². The Labute approximate surface area is 337 Å². The van der Waals surface area contributed by atoms with Gasteiger partial charge in [0, 0.05) is 75.4 Å². The number of aromatic nitrogens is 4. The second-order valence-corrected chi connectivity index (χ2v) is 14.9. The highest BCUT2D eigenvalue weighted by Gasteiger charge is 2.25. The monoisotopic (exact) mass is 800 g/mol. The number of nitrogens with zero attached hydrogens (tertiary/aromatic N) is 4. The van der Waals surface area contributed by atoms with E-state index in [1.54, 1.807) is 47.5 Å². The summed E-state index contributed by atoms with van der Waals surface area (Å²) in [5.41, 5.74) is 4.92. The van der Waals surface area contributed by atoms with Crippen molar-refractivity contribution in [3.63, 3.8) is 0 Å². The van der Waals surface area contributed by atoms with Gasteiger partial charge in [0.1, 0.15) is 57.6 Å². The zero-order valence-electron chi connectivity index (χ0n) is 33.1. The Morgan fingerprint density at radius 3 is 1.34 bits per heavy atom. The van der Waals surface area contributed by atoms with Crippen LogP contribution < -0.4 is 9.47 Å². The SMILES string of the molecule is Cc1c(C)n(-c2cc(F)cc(-c3cc(F)ccc3O[C@H](C)C[C@H](C)Oc3ccc(F)cc3-c3cc(F)cc(-n4c(C)c(C)c5cccnc54)c3O)c2O)c2ncccc12. The number of aromatic hydroxyl groups is 2. The summed E-state index contributed by atoms with van der Waals surface area (Å²) in [7, 11) is 0. The number of hydrogen-bond acceptors (Lipinski definition) is 6. The van der Waals surface area contributed by atoms with Gasteiger partial charge in [0.15, 0.2) is 0 Å². The molecule has 59 heavy (non-hydrogen) atoms. The molecular weight excluding hydrogens is 761 g/mol. The number of pyridine rings is 2. The molecule has 8 rings (SSSR count). The van der Waals surface area contributed by atoms with Crippen molar-refractivity contribution in [3.05, 3.63) is 143 Å². The molecule has 0 saturated carbocycles. The molecule has 4 aromatic carbocycles. The van der Waals surface area contributed by atoms with Crippen LogP contribution in [-0.2, 0) is 0 Å². The molecule has 4 aromatic heterocycles. The van der Waals surface area contributed by atoms with Crippen molar-refractivity contribution in [3.8, 4) is 56.6 Å². The fraction of sp³-hybridized carbons (Fsp3) is 0.191. The van der Waals surface area contributed by atoms with Crippen LogP contribution in [-0.4, -0.2) is 41.5 Å². The predicted octanol–water partition coefficient (Wildman–Crippen LogP) is 11.5. The van der Waals surface area contributed by atoms with Crippen LogP contribution in [0.25, 0.3) is 55.7 Å². The molecule has 0 fully saturated rings. The van der Waals surface area contributed by atoms with E-state index in [0.29, 0.717) is 11.3 Å². The van der Waals surface area contributed by atoms with Gasteiger partial charge in [-0.2, -0.15) is 0 Å². The van der Waals surface area contributed by atoms with Crippen molar-refractivity contribution in [1.82, 2.24) is 19.1 Å². The van der Waals surface area contributed by atoms with Crippen molar-refractivity contribution in [2.75, 3.05) is 0 Å². The average Bonchev–Trinajstić information content (AvgIpc) is 3.61. The van der Waals surface area contributed by atoms with E-state index in [2.05, 4.69) is 9.97 Å². The maximum Gasteiger partial charge on any atom is 0.147 e. The van der Waals surface area contributed by atoms with Crippen LogP contribution in [0.5, 0.6) is 23.0 Å². The first kappa shape index (κ1) is 39.0. The Kier molecular flexibility index (Phi) is 10.0. The largest absolute Gasteiger partial charge is 0.505 e. The summed E-state index contributed by atoms with van der Waals surface area (Å²) >= 11 is 0. The molecule has 4 heterocycles. The van der Waals surface area contributed by atoms with E-state index >= 15 is 8.78 Å². The number of phenols is 2. The van der Waals surface area contributed by atoms with Crippen LogP contribution in [0.2, 0.25) is 0 Å². The molecular formula is C47H40F4N4O4. The summed E-state index contributed by atoms with van der Waals surface area (Å²) in [5, 5.41) is 25.1. The molecule has 8 aromatic rings. The smallest absolute Gasteiger partial charge is 0.147 e. The van der Waals surface area contributed by atoms with E-state index in [9.17, 15) is 19.0 Å². The Morgan fingerprint density at radius 1 is 0.542 bits per heavy atom. The zero-order valence-corrected chi connectivity index (χ0v) is 33.1. The van der Waals surface area contributed by atoms with Crippen molar-refractivity contribution < 1.29 is 37.2 Å². The number of ether oxygens (including phenoxy) is 2. The third-order valence-corrected chi connectivity index (χ3v) is 10.9. The molecule has 0 spiro atoms.